The number of hydrogen-bond donors (Lipinski definition) is 2. The topological polar surface area (TPSA) is 55.1 Å². The van der Waals surface area contributed by atoms with E-state index in [1.807, 2.05) is 6.92 Å². The molecule has 0 saturated carbocycles. The Bertz CT molecular complexity index is 440. The van der Waals surface area contributed by atoms with Gasteiger partial charge in [0.15, 0.2) is 0 Å². The first-order valence-corrected chi connectivity index (χ1v) is 6.75. The molecule has 0 spiro atoms. The van der Waals surface area contributed by atoms with Crippen LogP contribution in [-0.4, -0.2) is 11.9 Å². The Hall–Kier alpha value is -1.35. The van der Waals surface area contributed by atoms with Crippen molar-refractivity contribution < 1.29 is 4.79 Å². The van der Waals surface area contributed by atoms with Gasteiger partial charge in [-0.1, -0.05) is 18.2 Å². The second kappa shape index (κ2) is 5.53. The summed E-state index contributed by atoms with van der Waals surface area (Å²) >= 11 is 0. The molecule has 3 N–H and O–H groups in total. The van der Waals surface area contributed by atoms with Crippen LogP contribution < -0.4 is 11.1 Å². The highest BCUT2D eigenvalue weighted by atomic mass is 16.2. The lowest BCUT2D eigenvalue weighted by atomic mass is 9.89. The maximum atomic E-state index is 11.6. The summed E-state index contributed by atoms with van der Waals surface area (Å²) < 4.78 is 0. The van der Waals surface area contributed by atoms with E-state index in [9.17, 15) is 4.79 Å². The lowest BCUT2D eigenvalue weighted by molar-refractivity contribution is -0.122. The van der Waals surface area contributed by atoms with Crippen LogP contribution in [0.3, 0.4) is 0 Å². The minimum absolute atomic E-state index is 0.0238. The van der Waals surface area contributed by atoms with Crippen LogP contribution in [0.4, 0.5) is 0 Å². The lowest BCUT2D eigenvalue weighted by Crippen LogP contribution is -2.39. The first-order chi connectivity index (χ1) is 8.58. The van der Waals surface area contributed by atoms with E-state index in [0.29, 0.717) is 0 Å². The predicted molar refractivity (Wildman–Crippen MR) is 73.3 cm³/mol. The number of rotatable bonds is 3. The van der Waals surface area contributed by atoms with Crippen LogP contribution in [0.15, 0.2) is 18.2 Å². The Kier molecular flexibility index (Phi) is 4.02. The smallest absolute Gasteiger partial charge is 0.237 e. The number of carbonyl (C=O) groups excluding carboxylic acids is 1. The third kappa shape index (κ3) is 2.91. The highest BCUT2D eigenvalue weighted by molar-refractivity contribution is 5.81. The minimum atomic E-state index is -0.454. The van der Waals surface area contributed by atoms with E-state index in [1.165, 1.54) is 36.0 Å². The molecule has 0 aliphatic heterocycles. The number of nitrogens with one attached hydrogen (secondary N) is 1. The number of aryl methyl sites for hydroxylation is 2. The van der Waals surface area contributed by atoms with E-state index in [-0.39, 0.29) is 11.9 Å². The van der Waals surface area contributed by atoms with Crippen molar-refractivity contribution in [1.29, 1.82) is 0 Å². The van der Waals surface area contributed by atoms with Crippen LogP contribution in [0.2, 0.25) is 0 Å². The summed E-state index contributed by atoms with van der Waals surface area (Å²) in [5, 5.41) is 2.94. The van der Waals surface area contributed by atoms with Crippen LogP contribution in [0.25, 0.3) is 0 Å². The molecule has 0 aromatic heterocycles. The van der Waals surface area contributed by atoms with Gasteiger partial charge in [-0.15, -0.1) is 0 Å². The molecule has 3 nitrogen and oxygen atoms in total. The molecule has 1 aliphatic rings. The Morgan fingerprint density at radius 2 is 1.89 bits per heavy atom. The number of carbonyl (C=O) groups is 1. The predicted octanol–water partition coefficient (Wildman–Crippen LogP) is 2.09. The normalized spacial score (nSPS) is 17.7. The molecule has 0 heterocycles. The summed E-state index contributed by atoms with van der Waals surface area (Å²) in [7, 11) is 0. The van der Waals surface area contributed by atoms with Gasteiger partial charge < -0.3 is 11.1 Å². The summed E-state index contributed by atoms with van der Waals surface area (Å²) in [5.41, 5.74) is 9.65. The first-order valence-electron chi connectivity index (χ1n) is 6.75. The molecule has 1 aromatic rings. The van der Waals surface area contributed by atoms with Crippen molar-refractivity contribution in [2.45, 2.75) is 51.6 Å². The molecule has 1 amide bonds. The number of nitrogens with two attached hydrogens (primary N) is 1. The van der Waals surface area contributed by atoms with E-state index in [1.54, 1.807) is 6.92 Å². The highest BCUT2D eigenvalue weighted by Gasteiger charge is 2.15. The fraction of sp³-hybridized carbons (Fsp3) is 0.533. The third-order valence-electron chi connectivity index (χ3n) is 3.64. The van der Waals surface area contributed by atoms with Crippen molar-refractivity contribution in [2.24, 2.45) is 5.73 Å². The molecule has 98 valence electrons. The Labute approximate surface area is 109 Å². The maximum absolute atomic E-state index is 11.6. The Morgan fingerprint density at radius 1 is 1.22 bits per heavy atom. The summed E-state index contributed by atoms with van der Waals surface area (Å²) in [6.07, 6.45) is 4.92. The van der Waals surface area contributed by atoms with Crippen molar-refractivity contribution in [3.8, 4) is 0 Å². The molecule has 18 heavy (non-hydrogen) atoms. The van der Waals surface area contributed by atoms with E-state index < -0.39 is 6.04 Å². The second-order valence-corrected chi connectivity index (χ2v) is 5.25. The number of benzene rings is 1. The van der Waals surface area contributed by atoms with Crippen molar-refractivity contribution >= 4 is 5.91 Å². The number of hydrogen-bond acceptors (Lipinski definition) is 2. The van der Waals surface area contributed by atoms with Crippen molar-refractivity contribution in [3.05, 3.63) is 34.9 Å². The molecule has 0 fully saturated rings. The molecule has 3 heteroatoms. The molecule has 2 rings (SSSR count). The molecule has 0 saturated heterocycles. The zero-order valence-electron chi connectivity index (χ0n) is 11.2. The standard InChI is InChI=1S/C15H22N2O/c1-10(16)15(18)17-11(2)13-8-7-12-5-3-4-6-14(12)9-13/h7-11H,3-6,16H2,1-2H3,(H,17,18)/t10-,11?/m1/s1. The van der Waals surface area contributed by atoms with Gasteiger partial charge in [0.25, 0.3) is 0 Å². The van der Waals surface area contributed by atoms with E-state index in [4.69, 9.17) is 5.73 Å². The number of fused-ring (bicyclic) bond motifs is 1. The van der Waals surface area contributed by atoms with Crippen LogP contribution in [-0.2, 0) is 17.6 Å². The summed E-state index contributed by atoms with van der Waals surface area (Å²) in [5.74, 6) is -0.0970. The third-order valence-corrected chi connectivity index (χ3v) is 3.64. The van der Waals surface area contributed by atoms with E-state index in [2.05, 4.69) is 23.5 Å². The average molecular weight is 246 g/mol. The van der Waals surface area contributed by atoms with Gasteiger partial charge in [0.1, 0.15) is 0 Å². The van der Waals surface area contributed by atoms with Gasteiger partial charge in [0.2, 0.25) is 5.91 Å². The van der Waals surface area contributed by atoms with Gasteiger partial charge in [-0.3, -0.25) is 4.79 Å². The lowest BCUT2D eigenvalue weighted by Gasteiger charge is -2.20. The number of amides is 1. The largest absolute Gasteiger partial charge is 0.348 e. The van der Waals surface area contributed by atoms with Crippen molar-refractivity contribution in [1.82, 2.24) is 5.32 Å². The quantitative estimate of drug-likeness (QED) is 0.858. The van der Waals surface area contributed by atoms with Gasteiger partial charge in [0.05, 0.1) is 12.1 Å². The molecule has 1 aliphatic carbocycles. The molecular weight excluding hydrogens is 224 g/mol. The molecule has 2 atom stereocenters. The summed E-state index contributed by atoms with van der Waals surface area (Å²) in [6.45, 7) is 3.71. The van der Waals surface area contributed by atoms with Crippen molar-refractivity contribution in [2.75, 3.05) is 0 Å². The van der Waals surface area contributed by atoms with Crippen molar-refractivity contribution in [3.63, 3.8) is 0 Å². The van der Waals surface area contributed by atoms with Crippen LogP contribution >= 0.6 is 0 Å². The molecule has 0 radical (unpaired) electrons. The van der Waals surface area contributed by atoms with Crippen LogP contribution in [0.5, 0.6) is 0 Å². The summed E-state index contributed by atoms with van der Waals surface area (Å²) in [6, 6.07) is 6.13. The van der Waals surface area contributed by atoms with Gasteiger partial charge >= 0.3 is 0 Å². The SMILES string of the molecule is CC(NC(=O)[C@@H](C)N)c1ccc2c(c1)CCCC2. The Balaban J connectivity index is 2.11. The summed E-state index contributed by atoms with van der Waals surface area (Å²) in [4.78, 5) is 11.6. The van der Waals surface area contributed by atoms with Gasteiger partial charge in [-0.2, -0.15) is 0 Å². The van der Waals surface area contributed by atoms with Gasteiger partial charge in [-0.05, 0) is 56.2 Å². The van der Waals surface area contributed by atoms with Crippen LogP contribution in [0, 0.1) is 0 Å². The van der Waals surface area contributed by atoms with E-state index >= 15 is 0 Å². The zero-order chi connectivity index (χ0) is 13.1. The highest BCUT2D eigenvalue weighted by Crippen LogP contribution is 2.24. The van der Waals surface area contributed by atoms with Gasteiger partial charge in [0, 0.05) is 0 Å². The van der Waals surface area contributed by atoms with E-state index in [0.717, 1.165) is 6.42 Å². The minimum Gasteiger partial charge on any atom is -0.348 e. The molecule has 1 aromatic carbocycles. The second-order valence-electron chi connectivity index (χ2n) is 5.25. The average Bonchev–Trinajstić information content (AvgIpc) is 2.37. The van der Waals surface area contributed by atoms with Gasteiger partial charge in [-0.25, -0.2) is 0 Å². The maximum Gasteiger partial charge on any atom is 0.237 e. The van der Waals surface area contributed by atoms with Crippen LogP contribution in [0.1, 0.15) is 49.4 Å². The fourth-order valence-corrected chi connectivity index (χ4v) is 2.45. The fourth-order valence-electron chi connectivity index (χ4n) is 2.45. The molecule has 1 unspecified atom stereocenters. The molecular formula is C15H22N2O. The monoisotopic (exact) mass is 246 g/mol. The Morgan fingerprint density at radius 3 is 2.56 bits per heavy atom. The zero-order valence-corrected chi connectivity index (χ0v) is 11.2. The molecule has 0 bridgehead atoms. The first kappa shape index (κ1) is 13.1.